The summed E-state index contributed by atoms with van der Waals surface area (Å²) in [6.07, 6.45) is 0. The minimum absolute atomic E-state index is 0.0666. The van der Waals surface area contributed by atoms with Crippen molar-refractivity contribution in [3.63, 3.8) is 0 Å². The Balaban J connectivity index is 0.000000188. The molecule has 1 spiro atoms. The third-order valence-electron chi connectivity index (χ3n) is 5.40. The van der Waals surface area contributed by atoms with Crippen LogP contribution in [0.5, 0.6) is 0 Å². The lowest BCUT2D eigenvalue weighted by Crippen LogP contribution is -2.70. The van der Waals surface area contributed by atoms with E-state index in [0.29, 0.717) is 5.41 Å². The summed E-state index contributed by atoms with van der Waals surface area (Å²) in [5.41, 5.74) is 2.88. The predicted octanol–water partition coefficient (Wildman–Crippen LogP) is 2.58. The molecular formula is C21H29N2O4PS. The first-order chi connectivity index (χ1) is 13.5. The molecule has 2 aliphatic heterocycles. The second kappa shape index (κ2) is 8.32. The molecule has 2 aromatic carbocycles. The van der Waals surface area contributed by atoms with Gasteiger partial charge in [-0.3, -0.25) is 9.45 Å². The highest BCUT2D eigenvalue weighted by Gasteiger charge is 2.46. The quantitative estimate of drug-likeness (QED) is 0.566. The number of nitrogens with zero attached hydrogens (tertiary/aromatic N) is 1. The second-order valence-electron chi connectivity index (χ2n) is 8.55. The van der Waals surface area contributed by atoms with E-state index in [9.17, 15) is 13.0 Å². The SMILES string of the molecule is CP(C)(=O)c1ccc(CN2CC3(CNC3)C2)cc1.Cc1ccc(S(=O)(=O)O)cc1. The zero-order valence-corrected chi connectivity index (χ0v) is 18.8. The highest BCUT2D eigenvalue weighted by atomic mass is 32.2. The van der Waals surface area contributed by atoms with Gasteiger partial charge >= 0.3 is 0 Å². The number of benzene rings is 2. The van der Waals surface area contributed by atoms with Crippen LogP contribution >= 0.6 is 7.14 Å². The highest BCUT2D eigenvalue weighted by molar-refractivity contribution is 7.85. The molecule has 2 N–H and O–H groups in total. The topological polar surface area (TPSA) is 86.7 Å². The number of aryl methyl sites for hydroxylation is 1. The summed E-state index contributed by atoms with van der Waals surface area (Å²) < 4.78 is 41.5. The Morgan fingerprint density at radius 1 is 1.03 bits per heavy atom. The van der Waals surface area contributed by atoms with Crippen molar-refractivity contribution >= 4 is 22.6 Å². The van der Waals surface area contributed by atoms with Gasteiger partial charge in [-0.05, 0) is 37.9 Å². The largest absolute Gasteiger partial charge is 0.319 e. The van der Waals surface area contributed by atoms with Crippen molar-refractivity contribution in [2.24, 2.45) is 5.41 Å². The fourth-order valence-corrected chi connectivity index (χ4v) is 4.99. The molecular weight excluding hydrogens is 407 g/mol. The van der Waals surface area contributed by atoms with Crippen LogP contribution in [0, 0.1) is 12.3 Å². The normalized spacial score (nSPS) is 18.3. The molecule has 29 heavy (non-hydrogen) atoms. The Labute approximate surface area is 173 Å². The maximum Gasteiger partial charge on any atom is 0.294 e. The molecule has 0 amide bonds. The van der Waals surface area contributed by atoms with Crippen molar-refractivity contribution in [1.82, 2.24) is 10.2 Å². The smallest absolute Gasteiger partial charge is 0.294 e. The molecule has 6 nitrogen and oxygen atoms in total. The number of rotatable bonds is 4. The molecule has 0 radical (unpaired) electrons. The molecule has 0 aromatic heterocycles. The zero-order valence-electron chi connectivity index (χ0n) is 17.1. The summed E-state index contributed by atoms with van der Waals surface area (Å²) in [6, 6.07) is 14.3. The van der Waals surface area contributed by atoms with Gasteiger partial charge in [0.25, 0.3) is 10.1 Å². The second-order valence-corrected chi connectivity index (χ2v) is 13.2. The molecule has 2 aliphatic rings. The van der Waals surface area contributed by atoms with E-state index in [1.807, 2.05) is 32.4 Å². The minimum Gasteiger partial charge on any atom is -0.319 e. The number of hydrogen-bond donors (Lipinski definition) is 2. The summed E-state index contributed by atoms with van der Waals surface area (Å²) in [6.45, 7) is 11.3. The summed E-state index contributed by atoms with van der Waals surface area (Å²) in [5, 5.41) is 4.34. The van der Waals surface area contributed by atoms with E-state index in [1.165, 1.54) is 43.9 Å². The zero-order chi connectivity index (χ0) is 21.3. The molecule has 8 heteroatoms. The van der Waals surface area contributed by atoms with Crippen molar-refractivity contribution in [3.8, 4) is 0 Å². The molecule has 2 saturated heterocycles. The summed E-state index contributed by atoms with van der Waals surface area (Å²) >= 11 is 0. The van der Waals surface area contributed by atoms with Gasteiger partial charge in [0.15, 0.2) is 0 Å². The van der Waals surface area contributed by atoms with Gasteiger partial charge < -0.3 is 9.88 Å². The highest BCUT2D eigenvalue weighted by Crippen LogP contribution is 2.36. The molecule has 2 aromatic rings. The first kappa shape index (κ1) is 22.2. The Bertz CT molecular complexity index is 986. The van der Waals surface area contributed by atoms with Crippen LogP contribution in [0.3, 0.4) is 0 Å². The van der Waals surface area contributed by atoms with Crippen molar-refractivity contribution < 1.29 is 17.5 Å². The standard InChI is InChI=1S/C14H21N2OP.C7H8O3S/c1-18(2,17)13-5-3-12(4-6-13)7-16-10-14(11-16)8-15-9-14;1-6-2-4-7(5-3-6)11(8,9)10/h3-6,15H,7-11H2,1-2H3;2-5H,1H3,(H,8,9,10). The maximum absolute atomic E-state index is 11.9. The monoisotopic (exact) mass is 436 g/mol. The van der Waals surface area contributed by atoms with E-state index in [0.717, 1.165) is 17.4 Å². The van der Waals surface area contributed by atoms with E-state index in [-0.39, 0.29) is 4.90 Å². The number of likely N-dealkylation sites (tertiary alicyclic amines) is 1. The third-order valence-corrected chi connectivity index (χ3v) is 7.81. The van der Waals surface area contributed by atoms with Crippen LogP contribution in [-0.4, -0.2) is 57.4 Å². The summed E-state index contributed by atoms with van der Waals surface area (Å²) in [5.74, 6) is 0. The molecule has 0 unspecified atom stereocenters. The first-order valence-corrected chi connectivity index (χ1v) is 13.6. The average Bonchev–Trinajstić information content (AvgIpc) is 2.56. The third kappa shape index (κ3) is 5.77. The first-order valence-electron chi connectivity index (χ1n) is 9.59. The molecule has 4 rings (SSSR count). The van der Waals surface area contributed by atoms with Crippen LogP contribution in [0.15, 0.2) is 53.4 Å². The number of hydrogen-bond acceptors (Lipinski definition) is 5. The van der Waals surface area contributed by atoms with Gasteiger partial charge in [-0.15, -0.1) is 0 Å². The molecule has 2 fully saturated rings. The molecule has 158 valence electrons. The van der Waals surface area contributed by atoms with Crippen LogP contribution in [0.1, 0.15) is 11.1 Å². The van der Waals surface area contributed by atoms with E-state index < -0.39 is 17.3 Å². The lowest BCUT2D eigenvalue weighted by Gasteiger charge is -2.56. The van der Waals surface area contributed by atoms with E-state index >= 15 is 0 Å². The Morgan fingerprint density at radius 3 is 2.00 bits per heavy atom. The molecule has 0 bridgehead atoms. The minimum atomic E-state index is -4.02. The Kier molecular flexibility index (Phi) is 6.37. The molecule has 2 heterocycles. The van der Waals surface area contributed by atoms with Crippen LogP contribution in [0.25, 0.3) is 0 Å². The van der Waals surface area contributed by atoms with Crippen LogP contribution in [0.2, 0.25) is 0 Å². The van der Waals surface area contributed by atoms with Crippen LogP contribution in [-0.2, 0) is 21.2 Å². The van der Waals surface area contributed by atoms with Crippen molar-refractivity contribution in [2.45, 2.75) is 18.4 Å². The number of nitrogens with one attached hydrogen (secondary N) is 1. The van der Waals surface area contributed by atoms with E-state index in [4.69, 9.17) is 4.55 Å². The molecule has 0 atom stereocenters. The van der Waals surface area contributed by atoms with Gasteiger partial charge in [-0.2, -0.15) is 8.42 Å². The predicted molar refractivity (Wildman–Crippen MR) is 117 cm³/mol. The van der Waals surface area contributed by atoms with Crippen molar-refractivity contribution in [1.29, 1.82) is 0 Å². The Morgan fingerprint density at radius 2 is 1.59 bits per heavy atom. The fraction of sp³-hybridized carbons (Fsp3) is 0.429. The van der Waals surface area contributed by atoms with Gasteiger partial charge in [0.1, 0.15) is 7.14 Å². The van der Waals surface area contributed by atoms with Gasteiger partial charge in [-0.1, -0.05) is 42.0 Å². The Hall–Kier alpha value is -1.50. The van der Waals surface area contributed by atoms with E-state index in [1.54, 1.807) is 12.1 Å². The molecule has 0 aliphatic carbocycles. The van der Waals surface area contributed by atoms with Crippen LogP contribution in [0.4, 0.5) is 0 Å². The average molecular weight is 437 g/mol. The summed E-state index contributed by atoms with van der Waals surface area (Å²) in [7, 11) is -6.12. The maximum atomic E-state index is 11.9. The van der Waals surface area contributed by atoms with Gasteiger partial charge in [0.2, 0.25) is 0 Å². The molecule has 0 saturated carbocycles. The van der Waals surface area contributed by atoms with E-state index in [2.05, 4.69) is 22.3 Å². The lowest BCUT2D eigenvalue weighted by atomic mass is 9.74. The van der Waals surface area contributed by atoms with Crippen molar-refractivity contribution in [2.75, 3.05) is 39.5 Å². The van der Waals surface area contributed by atoms with Gasteiger partial charge in [0.05, 0.1) is 4.90 Å². The van der Waals surface area contributed by atoms with Crippen molar-refractivity contribution in [3.05, 3.63) is 59.7 Å². The fourth-order valence-electron chi connectivity index (χ4n) is 3.65. The summed E-state index contributed by atoms with van der Waals surface area (Å²) in [4.78, 5) is 2.43. The lowest BCUT2D eigenvalue weighted by molar-refractivity contribution is -0.0444. The van der Waals surface area contributed by atoms with Gasteiger partial charge in [0, 0.05) is 43.4 Å². The van der Waals surface area contributed by atoms with Gasteiger partial charge in [-0.25, -0.2) is 0 Å². The van der Waals surface area contributed by atoms with Crippen LogP contribution < -0.4 is 10.6 Å².